The van der Waals surface area contributed by atoms with E-state index in [-0.39, 0.29) is 29.1 Å². The normalized spacial score (nSPS) is 21.1. The molecule has 2 N–H and O–H groups in total. The van der Waals surface area contributed by atoms with Crippen molar-refractivity contribution in [2.24, 2.45) is 5.41 Å². The van der Waals surface area contributed by atoms with E-state index in [9.17, 15) is 19.2 Å². The lowest BCUT2D eigenvalue weighted by Gasteiger charge is -2.40. The predicted octanol–water partition coefficient (Wildman–Crippen LogP) is 3.74. The summed E-state index contributed by atoms with van der Waals surface area (Å²) in [7, 11) is 0. The molecule has 4 fully saturated rings. The highest BCUT2D eigenvalue weighted by molar-refractivity contribution is 7.17. The Kier molecular flexibility index (Phi) is 10.1. The molecular weight excluding hydrogens is 655 g/mol. The molecule has 7 rings (SSSR count). The minimum atomic E-state index is -0.258. The van der Waals surface area contributed by atoms with Gasteiger partial charge in [-0.05, 0) is 68.7 Å². The number of aromatic nitrogens is 3. The molecule has 13 nitrogen and oxygen atoms in total. The number of aldehydes is 1. The van der Waals surface area contributed by atoms with Crippen LogP contribution >= 0.6 is 11.3 Å². The van der Waals surface area contributed by atoms with Crippen LogP contribution in [0.15, 0.2) is 36.5 Å². The van der Waals surface area contributed by atoms with E-state index >= 15 is 0 Å². The van der Waals surface area contributed by atoms with Crippen LogP contribution < -0.4 is 20.4 Å². The number of anilines is 4. The Hall–Kier alpha value is -4.43. The second-order valence-electron chi connectivity index (χ2n) is 14.0. The summed E-state index contributed by atoms with van der Waals surface area (Å²) in [6.07, 6.45) is 7.96. The Balaban J connectivity index is 0.820. The molecule has 3 amide bonds. The van der Waals surface area contributed by atoms with Crippen molar-refractivity contribution in [2.75, 3.05) is 74.0 Å². The van der Waals surface area contributed by atoms with Crippen LogP contribution in [-0.4, -0.2) is 108 Å². The van der Waals surface area contributed by atoms with Crippen molar-refractivity contribution in [1.29, 1.82) is 0 Å². The van der Waals surface area contributed by atoms with Crippen LogP contribution in [0.5, 0.6) is 0 Å². The quantitative estimate of drug-likeness (QED) is 0.236. The molecule has 0 saturated carbocycles. The van der Waals surface area contributed by atoms with Crippen molar-refractivity contribution in [3.05, 3.63) is 52.8 Å². The number of hydrogen-bond acceptors (Lipinski definition) is 12. The largest absolute Gasteiger partial charge is 0.371 e. The first kappa shape index (κ1) is 34.0. The van der Waals surface area contributed by atoms with Crippen LogP contribution in [0, 0.1) is 12.3 Å². The number of rotatable bonds is 10. The third-order valence-corrected chi connectivity index (χ3v) is 11.6. The molecule has 4 saturated heterocycles. The maximum Gasteiger partial charge on any atom is 0.234 e. The lowest BCUT2D eigenvalue weighted by molar-refractivity contribution is -0.134. The van der Waals surface area contributed by atoms with Crippen LogP contribution in [0.4, 0.5) is 22.5 Å². The van der Waals surface area contributed by atoms with Gasteiger partial charge in [-0.25, -0.2) is 15.0 Å². The van der Waals surface area contributed by atoms with Crippen molar-refractivity contribution in [3.8, 4) is 0 Å². The average Bonchev–Trinajstić information content (AvgIpc) is 3.76. The van der Waals surface area contributed by atoms with Crippen LogP contribution in [0.3, 0.4) is 0 Å². The fourth-order valence-electron chi connectivity index (χ4n) is 7.82. The van der Waals surface area contributed by atoms with E-state index in [4.69, 9.17) is 0 Å². The Labute approximate surface area is 296 Å². The molecule has 1 aromatic carbocycles. The highest BCUT2D eigenvalue weighted by Gasteiger charge is 2.42. The van der Waals surface area contributed by atoms with Gasteiger partial charge in [0.15, 0.2) is 11.4 Å². The van der Waals surface area contributed by atoms with Gasteiger partial charge in [-0.1, -0.05) is 23.5 Å². The van der Waals surface area contributed by atoms with E-state index in [1.807, 2.05) is 25.1 Å². The number of hydrogen-bond donors (Lipinski definition) is 2. The molecule has 4 aliphatic heterocycles. The summed E-state index contributed by atoms with van der Waals surface area (Å²) in [5, 5.41) is 6.27. The van der Waals surface area contributed by atoms with Gasteiger partial charge in [0, 0.05) is 77.0 Å². The van der Waals surface area contributed by atoms with Gasteiger partial charge in [-0.2, -0.15) is 0 Å². The number of piperidine rings is 2. The Morgan fingerprint density at radius 2 is 1.78 bits per heavy atom. The fourth-order valence-corrected chi connectivity index (χ4v) is 8.46. The van der Waals surface area contributed by atoms with Gasteiger partial charge in [0.05, 0.1) is 17.0 Å². The first-order valence-electron chi connectivity index (χ1n) is 17.7. The molecular formula is C36H45N9O4S. The van der Waals surface area contributed by atoms with E-state index < -0.39 is 0 Å². The summed E-state index contributed by atoms with van der Waals surface area (Å²) in [4.78, 5) is 71.2. The zero-order chi connectivity index (χ0) is 34.7. The molecule has 2 aromatic heterocycles. The molecule has 1 atom stereocenters. The van der Waals surface area contributed by atoms with E-state index in [0.29, 0.717) is 40.9 Å². The summed E-state index contributed by atoms with van der Waals surface area (Å²) >= 11 is 1.29. The third-order valence-electron chi connectivity index (χ3n) is 10.8. The Bertz CT molecular complexity index is 1710. The van der Waals surface area contributed by atoms with Gasteiger partial charge < -0.3 is 20.0 Å². The van der Waals surface area contributed by atoms with Gasteiger partial charge in [0.1, 0.15) is 17.5 Å². The molecule has 0 aliphatic carbocycles. The minimum Gasteiger partial charge on any atom is -0.371 e. The number of carbonyl (C=O) groups is 4. The predicted molar refractivity (Wildman–Crippen MR) is 192 cm³/mol. The molecule has 264 valence electrons. The van der Waals surface area contributed by atoms with Gasteiger partial charge in [-0.3, -0.25) is 29.4 Å². The van der Waals surface area contributed by atoms with Crippen molar-refractivity contribution in [3.63, 3.8) is 0 Å². The first-order chi connectivity index (χ1) is 24.3. The van der Waals surface area contributed by atoms with Gasteiger partial charge >= 0.3 is 0 Å². The molecule has 0 radical (unpaired) electrons. The Morgan fingerprint density at radius 1 is 1.02 bits per heavy atom. The summed E-state index contributed by atoms with van der Waals surface area (Å²) in [5.74, 6) is 1.84. The van der Waals surface area contributed by atoms with Crippen molar-refractivity contribution in [2.45, 2.75) is 57.8 Å². The monoisotopic (exact) mass is 699 g/mol. The third kappa shape index (κ3) is 7.81. The number of amides is 3. The molecule has 1 unspecified atom stereocenters. The molecule has 14 heteroatoms. The molecule has 0 bridgehead atoms. The number of nitrogens with one attached hydrogen (secondary N) is 2. The summed E-state index contributed by atoms with van der Waals surface area (Å²) in [6, 6.07) is 10.2. The van der Waals surface area contributed by atoms with Crippen molar-refractivity contribution >= 4 is 57.8 Å². The molecule has 3 aromatic rings. The summed E-state index contributed by atoms with van der Waals surface area (Å²) in [5.41, 5.74) is 2.34. The van der Waals surface area contributed by atoms with Crippen LogP contribution in [0.1, 0.15) is 71.9 Å². The summed E-state index contributed by atoms with van der Waals surface area (Å²) < 4.78 is 0. The van der Waals surface area contributed by atoms with Crippen LogP contribution in [-0.2, 0) is 14.4 Å². The smallest absolute Gasteiger partial charge is 0.234 e. The van der Waals surface area contributed by atoms with E-state index in [2.05, 4.69) is 57.3 Å². The zero-order valence-corrected chi connectivity index (χ0v) is 29.4. The number of imide groups is 1. The van der Waals surface area contributed by atoms with Crippen LogP contribution in [0.25, 0.3) is 0 Å². The fraction of sp³-hybridized carbons (Fsp3) is 0.528. The van der Waals surface area contributed by atoms with Gasteiger partial charge in [0.25, 0.3) is 0 Å². The van der Waals surface area contributed by atoms with E-state index in [0.717, 1.165) is 102 Å². The SMILES string of the molecule is Cc1nc(Nc2ncc(C=O)s2)cc(N2CCN(CCCC(=O)N3CCC4(CCN(c5ccc(C6CCC(=O)NC6=O)cc5)CC4)C3)CC2)n1. The second kappa shape index (κ2) is 14.8. The lowest BCUT2D eigenvalue weighted by Crippen LogP contribution is -2.47. The molecule has 1 spiro atoms. The maximum absolute atomic E-state index is 13.3. The lowest BCUT2D eigenvalue weighted by atomic mass is 9.77. The van der Waals surface area contributed by atoms with Gasteiger partial charge in [-0.15, -0.1) is 0 Å². The van der Waals surface area contributed by atoms with Crippen LogP contribution in [0.2, 0.25) is 0 Å². The van der Waals surface area contributed by atoms with Gasteiger partial charge in [0.2, 0.25) is 17.7 Å². The number of piperazine rings is 1. The number of carbonyl (C=O) groups excluding carboxylic acids is 4. The number of thiazole rings is 1. The number of likely N-dealkylation sites (tertiary alicyclic amines) is 1. The zero-order valence-electron chi connectivity index (χ0n) is 28.6. The maximum atomic E-state index is 13.3. The van der Waals surface area contributed by atoms with Crippen molar-refractivity contribution in [1.82, 2.24) is 30.1 Å². The molecule has 4 aliphatic rings. The topological polar surface area (TPSA) is 144 Å². The summed E-state index contributed by atoms with van der Waals surface area (Å²) in [6.45, 7) is 9.97. The highest BCUT2D eigenvalue weighted by Crippen LogP contribution is 2.42. The number of aryl methyl sites for hydroxylation is 1. The van der Waals surface area contributed by atoms with Crippen molar-refractivity contribution < 1.29 is 19.2 Å². The van der Waals surface area contributed by atoms with E-state index in [1.54, 1.807) is 6.20 Å². The highest BCUT2D eigenvalue weighted by atomic mass is 32.1. The molecule has 6 heterocycles. The standard InChI is InChI=1S/C36H45N9O4S/c1-25-38-30(40-35-37-22-28(23-46)50-35)21-31(39-25)44-19-17-42(18-20-44)13-2-3-33(48)45-16-12-36(24-45)10-14-43(15-11-36)27-6-4-26(5-7-27)29-8-9-32(47)41-34(29)49/h4-7,21-23,29H,2-3,8-20,24H2,1H3,(H,41,47,49)(H,37,38,39,40). The molecule has 50 heavy (non-hydrogen) atoms. The average molecular weight is 700 g/mol. The Morgan fingerprint density at radius 3 is 2.50 bits per heavy atom. The number of nitrogens with zero attached hydrogens (tertiary/aromatic N) is 7. The van der Waals surface area contributed by atoms with E-state index in [1.165, 1.54) is 17.0 Å². The number of benzene rings is 1. The minimum absolute atomic E-state index is 0.187. The first-order valence-corrected chi connectivity index (χ1v) is 18.5. The second-order valence-corrected chi connectivity index (χ2v) is 15.1.